The van der Waals surface area contributed by atoms with Gasteiger partial charge in [-0.05, 0) is 37.0 Å². The van der Waals surface area contributed by atoms with E-state index in [2.05, 4.69) is 15.6 Å². The molecule has 0 aliphatic carbocycles. The highest BCUT2D eigenvalue weighted by atomic mass is 32.2. The third kappa shape index (κ3) is 5.40. The van der Waals surface area contributed by atoms with Gasteiger partial charge in [0, 0.05) is 39.6 Å². The van der Waals surface area contributed by atoms with E-state index in [1.54, 1.807) is 13.1 Å². The number of rotatable bonds is 6. The average Bonchev–Trinajstić information content (AvgIpc) is 2.58. The van der Waals surface area contributed by atoms with Gasteiger partial charge in [0.15, 0.2) is 15.8 Å². The molecule has 0 spiro atoms. The molecule has 1 saturated heterocycles. The largest absolute Gasteiger partial charge is 0.381 e. The maximum absolute atomic E-state index is 13.2. The number of hydrogen-bond acceptors (Lipinski definition) is 4. The van der Waals surface area contributed by atoms with Gasteiger partial charge in [0.2, 0.25) is 0 Å². The number of nitrogens with one attached hydrogen (secondary N) is 2. The van der Waals surface area contributed by atoms with Crippen LogP contribution in [0, 0.1) is 5.82 Å². The molecule has 0 radical (unpaired) electrons. The summed E-state index contributed by atoms with van der Waals surface area (Å²) in [6.45, 7) is 1.74. The number of nitrogens with zero attached hydrogens (tertiary/aromatic N) is 1. The molecule has 0 atom stereocenters. The highest BCUT2D eigenvalue weighted by molar-refractivity contribution is 7.92. The lowest BCUT2D eigenvalue weighted by Crippen LogP contribution is -2.53. The Morgan fingerprint density at radius 2 is 2.04 bits per heavy atom. The fourth-order valence-corrected chi connectivity index (χ4v) is 4.15. The fraction of sp³-hybridized carbons (Fsp3) is 0.588. The summed E-state index contributed by atoms with van der Waals surface area (Å²) < 4.78 is 42.2. The maximum Gasteiger partial charge on any atom is 0.191 e. The summed E-state index contributed by atoms with van der Waals surface area (Å²) in [4.78, 5) is 4.13. The molecule has 8 heteroatoms. The van der Waals surface area contributed by atoms with Crippen LogP contribution in [0.1, 0.15) is 18.4 Å². The van der Waals surface area contributed by atoms with Crippen molar-refractivity contribution in [2.24, 2.45) is 4.99 Å². The molecule has 0 amide bonds. The average molecular weight is 371 g/mol. The second kappa shape index (κ2) is 8.62. The molecule has 1 fully saturated rings. The van der Waals surface area contributed by atoms with Crippen molar-refractivity contribution in [3.05, 3.63) is 35.6 Å². The van der Waals surface area contributed by atoms with Gasteiger partial charge >= 0.3 is 0 Å². The number of sulfone groups is 1. The predicted octanol–water partition coefficient (Wildman–Crippen LogP) is 1.13. The zero-order valence-electron chi connectivity index (χ0n) is 14.7. The Balaban J connectivity index is 1.88. The van der Waals surface area contributed by atoms with Crippen LogP contribution in [-0.2, 0) is 21.0 Å². The van der Waals surface area contributed by atoms with Crippen LogP contribution in [-0.4, -0.2) is 58.7 Å². The Bertz CT molecular complexity index is 701. The summed E-state index contributed by atoms with van der Waals surface area (Å²) >= 11 is 0. The summed E-state index contributed by atoms with van der Waals surface area (Å²) in [5.41, 5.74) is 0.889. The quantitative estimate of drug-likeness (QED) is 0.579. The van der Waals surface area contributed by atoms with Crippen LogP contribution in [0.4, 0.5) is 4.39 Å². The third-order valence-electron chi connectivity index (χ3n) is 4.59. The fourth-order valence-electron chi connectivity index (χ4n) is 2.91. The van der Waals surface area contributed by atoms with Crippen LogP contribution < -0.4 is 10.6 Å². The van der Waals surface area contributed by atoms with E-state index in [4.69, 9.17) is 4.74 Å². The Hall–Kier alpha value is -1.67. The van der Waals surface area contributed by atoms with Crippen molar-refractivity contribution < 1.29 is 17.5 Å². The summed E-state index contributed by atoms with van der Waals surface area (Å²) in [7, 11) is -1.59. The van der Waals surface area contributed by atoms with Crippen molar-refractivity contribution in [1.82, 2.24) is 10.6 Å². The lowest BCUT2D eigenvalue weighted by Gasteiger charge is -2.35. The molecule has 0 aromatic heterocycles. The molecule has 0 bridgehead atoms. The molecule has 0 saturated carbocycles. The maximum atomic E-state index is 13.2. The first kappa shape index (κ1) is 19.7. The van der Waals surface area contributed by atoms with Gasteiger partial charge < -0.3 is 15.4 Å². The molecule has 25 heavy (non-hydrogen) atoms. The summed E-state index contributed by atoms with van der Waals surface area (Å²) in [6.07, 6.45) is 2.86. The Kier molecular flexibility index (Phi) is 6.78. The first-order valence-corrected chi connectivity index (χ1v) is 10.2. The predicted molar refractivity (Wildman–Crippen MR) is 97.1 cm³/mol. The van der Waals surface area contributed by atoms with Gasteiger partial charge in [0.1, 0.15) is 5.82 Å². The topological polar surface area (TPSA) is 79.8 Å². The molecule has 140 valence electrons. The normalized spacial score (nSPS) is 18.0. The molecule has 1 aromatic rings. The van der Waals surface area contributed by atoms with Crippen LogP contribution in [0.15, 0.2) is 29.3 Å². The zero-order chi connectivity index (χ0) is 18.3. The van der Waals surface area contributed by atoms with E-state index >= 15 is 0 Å². The van der Waals surface area contributed by atoms with Crippen molar-refractivity contribution in [1.29, 1.82) is 0 Å². The molecule has 1 aromatic carbocycles. The monoisotopic (exact) mass is 371 g/mol. The molecule has 6 nitrogen and oxygen atoms in total. The minimum Gasteiger partial charge on any atom is -0.381 e. The molecule has 1 heterocycles. The van der Waals surface area contributed by atoms with Crippen molar-refractivity contribution in [3.63, 3.8) is 0 Å². The van der Waals surface area contributed by atoms with Gasteiger partial charge in [-0.2, -0.15) is 0 Å². The van der Waals surface area contributed by atoms with Crippen LogP contribution in [0.5, 0.6) is 0 Å². The summed E-state index contributed by atoms with van der Waals surface area (Å²) in [5.74, 6) is 0.278. The van der Waals surface area contributed by atoms with Crippen LogP contribution in [0.2, 0.25) is 0 Å². The number of aliphatic imine (C=N–C) groups is 1. The Labute approximate surface area is 148 Å². The molecule has 2 N–H and O–H groups in total. The molecule has 1 aliphatic rings. The van der Waals surface area contributed by atoms with E-state index in [1.165, 1.54) is 18.4 Å². The SMILES string of the molecule is CN=C(NCCc1cccc(F)c1)NCC1(S(C)(=O)=O)CCOCC1. The third-order valence-corrected chi connectivity index (χ3v) is 6.71. The van der Waals surface area contributed by atoms with Crippen LogP contribution in [0.25, 0.3) is 0 Å². The van der Waals surface area contributed by atoms with Crippen LogP contribution >= 0.6 is 0 Å². The van der Waals surface area contributed by atoms with E-state index in [0.717, 1.165) is 5.56 Å². The summed E-state index contributed by atoms with van der Waals surface area (Å²) in [6, 6.07) is 6.45. The van der Waals surface area contributed by atoms with Crippen LogP contribution in [0.3, 0.4) is 0 Å². The second-order valence-electron chi connectivity index (χ2n) is 6.30. The van der Waals surface area contributed by atoms with Gasteiger partial charge in [-0.25, -0.2) is 12.8 Å². The lowest BCUT2D eigenvalue weighted by molar-refractivity contribution is 0.0756. The number of guanidine groups is 1. The van der Waals surface area contributed by atoms with E-state index in [1.807, 2.05) is 6.07 Å². The van der Waals surface area contributed by atoms with E-state index in [-0.39, 0.29) is 12.4 Å². The minimum atomic E-state index is -3.23. The lowest BCUT2D eigenvalue weighted by atomic mass is 9.99. The standard InChI is InChI=1S/C17H26FN3O3S/c1-19-16(20-9-6-14-4-3-5-15(18)12-14)21-13-17(25(2,22)23)7-10-24-11-8-17/h3-5,12H,6-11,13H2,1-2H3,(H2,19,20,21). The van der Waals surface area contributed by atoms with E-state index in [0.29, 0.717) is 45.0 Å². The summed E-state index contributed by atoms with van der Waals surface area (Å²) in [5, 5.41) is 6.25. The van der Waals surface area contributed by atoms with Crippen molar-refractivity contribution >= 4 is 15.8 Å². The molecular formula is C17H26FN3O3S. The number of benzene rings is 1. The van der Waals surface area contributed by atoms with Gasteiger partial charge in [-0.15, -0.1) is 0 Å². The second-order valence-corrected chi connectivity index (χ2v) is 8.71. The van der Waals surface area contributed by atoms with E-state index in [9.17, 15) is 12.8 Å². The molecule has 1 aliphatic heterocycles. The Morgan fingerprint density at radius 1 is 1.32 bits per heavy atom. The number of halogens is 1. The van der Waals surface area contributed by atoms with Gasteiger partial charge in [-0.3, -0.25) is 4.99 Å². The minimum absolute atomic E-state index is 0.255. The van der Waals surface area contributed by atoms with E-state index < -0.39 is 14.6 Å². The first-order valence-electron chi connectivity index (χ1n) is 8.33. The Morgan fingerprint density at radius 3 is 2.64 bits per heavy atom. The molecule has 0 unspecified atom stereocenters. The molecule has 2 rings (SSSR count). The van der Waals surface area contributed by atoms with Gasteiger partial charge in [-0.1, -0.05) is 12.1 Å². The number of ether oxygens (including phenoxy) is 1. The molecular weight excluding hydrogens is 345 g/mol. The highest BCUT2D eigenvalue weighted by Crippen LogP contribution is 2.28. The van der Waals surface area contributed by atoms with Crippen molar-refractivity contribution in [2.75, 3.05) is 39.6 Å². The first-order chi connectivity index (χ1) is 11.9. The van der Waals surface area contributed by atoms with Gasteiger partial charge in [0.05, 0.1) is 4.75 Å². The van der Waals surface area contributed by atoms with Crippen molar-refractivity contribution in [3.8, 4) is 0 Å². The highest BCUT2D eigenvalue weighted by Gasteiger charge is 2.42. The zero-order valence-corrected chi connectivity index (χ0v) is 15.5. The smallest absolute Gasteiger partial charge is 0.191 e. The van der Waals surface area contributed by atoms with Crippen molar-refractivity contribution in [2.45, 2.75) is 24.0 Å². The number of hydrogen-bond donors (Lipinski definition) is 2. The van der Waals surface area contributed by atoms with Gasteiger partial charge in [0.25, 0.3) is 0 Å².